The van der Waals surface area contributed by atoms with Crippen molar-refractivity contribution in [1.82, 2.24) is 15.1 Å². The number of nitrogens with one attached hydrogen (secondary N) is 1. The number of aryl methyl sites for hydroxylation is 3. The molecular formula is C20H27N3O. The Morgan fingerprint density at radius 3 is 2.71 bits per heavy atom. The van der Waals surface area contributed by atoms with Gasteiger partial charge in [0.15, 0.2) is 0 Å². The molecule has 1 amide bonds. The highest BCUT2D eigenvalue weighted by atomic mass is 16.2. The monoisotopic (exact) mass is 325 g/mol. The highest BCUT2D eigenvalue weighted by Crippen LogP contribution is 2.18. The van der Waals surface area contributed by atoms with E-state index < -0.39 is 0 Å². The number of fused-ring (bicyclic) bond motifs is 1. The van der Waals surface area contributed by atoms with Crippen molar-refractivity contribution in [2.24, 2.45) is 0 Å². The fourth-order valence-corrected chi connectivity index (χ4v) is 3.33. The van der Waals surface area contributed by atoms with E-state index in [1.807, 2.05) is 10.7 Å². The van der Waals surface area contributed by atoms with Gasteiger partial charge in [-0.1, -0.05) is 43.2 Å². The summed E-state index contributed by atoms with van der Waals surface area (Å²) in [5, 5.41) is 7.63. The standard InChI is InChI=1S/C20H27N3O/c24-20(21-14-8-11-17-9-4-3-5-10-17)16-23-15-18-12-6-1-2-7-13-19(18)22-23/h3-5,9-10,15H,1-2,6-8,11-14,16H2,(H,21,24). The fourth-order valence-electron chi connectivity index (χ4n) is 3.33. The molecule has 1 aromatic heterocycles. The first kappa shape index (κ1) is 16.7. The van der Waals surface area contributed by atoms with Gasteiger partial charge in [0.25, 0.3) is 0 Å². The number of aromatic nitrogens is 2. The lowest BCUT2D eigenvalue weighted by molar-refractivity contribution is -0.121. The molecule has 0 atom stereocenters. The van der Waals surface area contributed by atoms with Crippen LogP contribution in [0.5, 0.6) is 0 Å². The molecule has 24 heavy (non-hydrogen) atoms. The summed E-state index contributed by atoms with van der Waals surface area (Å²) in [6.07, 6.45) is 11.3. The Kier molecular flexibility index (Phi) is 6.05. The lowest BCUT2D eigenvalue weighted by Gasteiger charge is -2.06. The molecule has 1 heterocycles. The summed E-state index contributed by atoms with van der Waals surface area (Å²) in [5.74, 6) is 0.0542. The van der Waals surface area contributed by atoms with Gasteiger partial charge in [-0.3, -0.25) is 9.48 Å². The Balaban J connectivity index is 1.42. The molecule has 0 bridgehead atoms. The third kappa shape index (κ3) is 4.95. The fraction of sp³-hybridized carbons (Fsp3) is 0.500. The molecule has 1 N–H and O–H groups in total. The predicted octanol–water partition coefficient (Wildman–Crippen LogP) is 3.29. The number of hydrogen-bond donors (Lipinski definition) is 1. The first-order chi connectivity index (χ1) is 11.8. The Hall–Kier alpha value is -2.10. The Morgan fingerprint density at radius 2 is 1.88 bits per heavy atom. The molecule has 128 valence electrons. The quantitative estimate of drug-likeness (QED) is 0.829. The molecule has 1 aliphatic rings. The number of nitrogens with zero attached hydrogens (tertiary/aromatic N) is 2. The van der Waals surface area contributed by atoms with Crippen LogP contribution in [-0.2, 0) is 30.6 Å². The van der Waals surface area contributed by atoms with Gasteiger partial charge in [0.05, 0.1) is 5.69 Å². The molecule has 4 nitrogen and oxygen atoms in total. The molecule has 1 aromatic carbocycles. The van der Waals surface area contributed by atoms with Crippen LogP contribution in [0.3, 0.4) is 0 Å². The molecule has 0 saturated heterocycles. The normalized spacial score (nSPS) is 14.5. The number of benzene rings is 1. The lowest BCUT2D eigenvalue weighted by atomic mass is 9.99. The van der Waals surface area contributed by atoms with Gasteiger partial charge >= 0.3 is 0 Å². The van der Waals surface area contributed by atoms with Crippen molar-refractivity contribution in [3.8, 4) is 0 Å². The van der Waals surface area contributed by atoms with Gasteiger partial charge in [-0.15, -0.1) is 0 Å². The van der Waals surface area contributed by atoms with Crippen LogP contribution in [0.1, 0.15) is 48.9 Å². The molecule has 0 unspecified atom stereocenters. The average Bonchev–Trinajstić information content (AvgIpc) is 2.93. The van der Waals surface area contributed by atoms with Crippen molar-refractivity contribution in [1.29, 1.82) is 0 Å². The smallest absolute Gasteiger partial charge is 0.241 e. The Labute approximate surface area is 144 Å². The molecule has 0 saturated carbocycles. The van der Waals surface area contributed by atoms with Crippen molar-refractivity contribution < 1.29 is 4.79 Å². The van der Waals surface area contributed by atoms with Crippen LogP contribution in [0.25, 0.3) is 0 Å². The highest BCUT2D eigenvalue weighted by molar-refractivity contribution is 5.75. The molecule has 4 heteroatoms. The predicted molar refractivity (Wildman–Crippen MR) is 95.9 cm³/mol. The number of rotatable bonds is 6. The van der Waals surface area contributed by atoms with E-state index in [0.717, 1.165) is 25.7 Å². The second kappa shape index (κ2) is 8.67. The summed E-state index contributed by atoms with van der Waals surface area (Å²) < 4.78 is 1.82. The largest absolute Gasteiger partial charge is 0.354 e. The Bertz CT molecular complexity index is 623. The molecule has 1 aliphatic carbocycles. The van der Waals surface area contributed by atoms with Gasteiger partial charge in [0, 0.05) is 12.7 Å². The number of carbonyl (C=O) groups excluding carboxylic acids is 1. The summed E-state index contributed by atoms with van der Waals surface area (Å²) >= 11 is 0. The van der Waals surface area contributed by atoms with Crippen LogP contribution in [-0.4, -0.2) is 22.2 Å². The van der Waals surface area contributed by atoms with Gasteiger partial charge in [-0.25, -0.2) is 0 Å². The van der Waals surface area contributed by atoms with Crippen molar-refractivity contribution in [3.63, 3.8) is 0 Å². The van der Waals surface area contributed by atoms with Gasteiger partial charge in [0.1, 0.15) is 6.54 Å². The zero-order valence-electron chi connectivity index (χ0n) is 14.3. The third-order valence-corrected chi connectivity index (χ3v) is 4.65. The van der Waals surface area contributed by atoms with Crippen LogP contribution >= 0.6 is 0 Å². The van der Waals surface area contributed by atoms with Crippen LogP contribution in [0.4, 0.5) is 0 Å². The topological polar surface area (TPSA) is 46.9 Å². The minimum Gasteiger partial charge on any atom is -0.354 e. The molecule has 0 radical (unpaired) electrons. The lowest BCUT2D eigenvalue weighted by Crippen LogP contribution is -2.28. The summed E-state index contributed by atoms with van der Waals surface area (Å²) in [6, 6.07) is 10.4. The summed E-state index contributed by atoms with van der Waals surface area (Å²) in [7, 11) is 0. The van der Waals surface area contributed by atoms with Crippen molar-refractivity contribution in [3.05, 3.63) is 53.3 Å². The van der Waals surface area contributed by atoms with Crippen molar-refractivity contribution >= 4 is 5.91 Å². The van der Waals surface area contributed by atoms with Crippen LogP contribution in [0, 0.1) is 0 Å². The Morgan fingerprint density at radius 1 is 1.08 bits per heavy atom. The van der Waals surface area contributed by atoms with Crippen LogP contribution in [0.2, 0.25) is 0 Å². The zero-order valence-corrected chi connectivity index (χ0v) is 14.3. The van der Waals surface area contributed by atoms with E-state index >= 15 is 0 Å². The molecule has 0 aliphatic heterocycles. The number of hydrogen-bond acceptors (Lipinski definition) is 2. The van der Waals surface area contributed by atoms with E-state index in [1.54, 1.807) is 0 Å². The first-order valence-corrected chi connectivity index (χ1v) is 9.17. The third-order valence-electron chi connectivity index (χ3n) is 4.65. The van der Waals surface area contributed by atoms with Crippen LogP contribution in [0.15, 0.2) is 36.5 Å². The minimum absolute atomic E-state index is 0.0542. The molecule has 0 fully saturated rings. The summed E-state index contributed by atoms with van der Waals surface area (Å²) in [6.45, 7) is 1.05. The van der Waals surface area contributed by atoms with Crippen molar-refractivity contribution in [2.75, 3.05) is 6.54 Å². The van der Waals surface area contributed by atoms with E-state index in [4.69, 9.17) is 0 Å². The molecule has 3 rings (SSSR count). The van der Waals surface area contributed by atoms with Crippen LogP contribution < -0.4 is 5.32 Å². The molecular weight excluding hydrogens is 298 g/mol. The van der Waals surface area contributed by atoms with E-state index in [2.05, 4.69) is 40.9 Å². The van der Waals surface area contributed by atoms with E-state index in [9.17, 15) is 4.79 Å². The van der Waals surface area contributed by atoms with E-state index in [-0.39, 0.29) is 5.91 Å². The van der Waals surface area contributed by atoms with Gasteiger partial charge in [-0.05, 0) is 49.7 Å². The van der Waals surface area contributed by atoms with Gasteiger partial charge < -0.3 is 5.32 Å². The number of amides is 1. The minimum atomic E-state index is 0.0542. The summed E-state index contributed by atoms with van der Waals surface area (Å²) in [5.41, 5.74) is 3.86. The van der Waals surface area contributed by atoms with Gasteiger partial charge in [0.2, 0.25) is 5.91 Å². The first-order valence-electron chi connectivity index (χ1n) is 9.17. The number of carbonyl (C=O) groups is 1. The van der Waals surface area contributed by atoms with E-state index in [1.165, 1.54) is 42.5 Å². The average molecular weight is 325 g/mol. The molecule has 0 spiro atoms. The maximum absolute atomic E-state index is 12.1. The maximum Gasteiger partial charge on any atom is 0.241 e. The SMILES string of the molecule is O=C(Cn1cc2c(n1)CCCCCC2)NCCCc1ccccc1. The van der Waals surface area contributed by atoms with E-state index in [0.29, 0.717) is 13.1 Å². The second-order valence-electron chi connectivity index (χ2n) is 6.65. The molecule has 2 aromatic rings. The summed E-state index contributed by atoms with van der Waals surface area (Å²) in [4.78, 5) is 12.1. The van der Waals surface area contributed by atoms with Crippen molar-refractivity contribution in [2.45, 2.75) is 57.9 Å². The highest BCUT2D eigenvalue weighted by Gasteiger charge is 2.12. The van der Waals surface area contributed by atoms with Gasteiger partial charge in [-0.2, -0.15) is 5.10 Å². The zero-order chi connectivity index (χ0) is 16.6. The second-order valence-corrected chi connectivity index (χ2v) is 6.65. The maximum atomic E-state index is 12.1.